The summed E-state index contributed by atoms with van der Waals surface area (Å²) in [5, 5.41) is 15.4. The summed E-state index contributed by atoms with van der Waals surface area (Å²) in [5.74, 6) is 1.40. The number of ether oxygens (including phenoxy) is 3. The topological polar surface area (TPSA) is 96.6 Å². The van der Waals surface area contributed by atoms with Crippen LogP contribution in [0, 0.1) is 5.41 Å². The zero-order valence-electron chi connectivity index (χ0n) is 17.7. The molecular formula is C23H22N4O4S. The molecule has 0 fully saturated rings. The van der Waals surface area contributed by atoms with Crippen LogP contribution in [-0.4, -0.2) is 47.3 Å². The van der Waals surface area contributed by atoms with Crippen LogP contribution in [0.5, 0.6) is 17.2 Å². The first-order chi connectivity index (χ1) is 15.6. The Morgan fingerprint density at radius 3 is 2.62 bits per heavy atom. The quantitative estimate of drug-likeness (QED) is 0.479. The van der Waals surface area contributed by atoms with E-state index in [1.807, 2.05) is 37.3 Å². The summed E-state index contributed by atoms with van der Waals surface area (Å²) in [6.45, 7) is 2.70. The lowest BCUT2D eigenvalue weighted by molar-refractivity contribution is -0.114. The number of carbonyl (C=O) groups excluding carboxylic acids is 1. The fraction of sp³-hybridized carbons (Fsp3) is 0.217. The van der Waals surface area contributed by atoms with Crippen molar-refractivity contribution in [3.63, 3.8) is 0 Å². The number of aliphatic imine (C=N–C) groups is 1. The van der Waals surface area contributed by atoms with Gasteiger partial charge in [-0.3, -0.25) is 10.2 Å². The van der Waals surface area contributed by atoms with Crippen molar-refractivity contribution in [2.45, 2.75) is 13.3 Å². The Hall–Kier alpha value is -3.59. The molecule has 1 amide bonds. The average molecular weight is 451 g/mol. The van der Waals surface area contributed by atoms with Gasteiger partial charge in [0.1, 0.15) is 24.0 Å². The Balaban J connectivity index is 1.45. The number of methoxy groups -OCH3 is 1. The van der Waals surface area contributed by atoms with Crippen molar-refractivity contribution >= 4 is 39.8 Å². The number of nitrogens with one attached hydrogen (secondary N) is 1. The van der Waals surface area contributed by atoms with E-state index in [1.165, 1.54) is 16.8 Å². The van der Waals surface area contributed by atoms with Crippen LogP contribution in [0.1, 0.15) is 18.9 Å². The Kier molecular flexibility index (Phi) is 6.55. The van der Waals surface area contributed by atoms with Crippen molar-refractivity contribution in [3.8, 4) is 17.2 Å². The second kappa shape index (κ2) is 9.69. The summed E-state index contributed by atoms with van der Waals surface area (Å²) in [4.78, 5) is 16.6. The van der Waals surface area contributed by atoms with E-state index < -0.39 is 5.91 Å². The van der Waals surface area contributed by atoms with Gasteiger partial charge in [0.15, 0.2) is 17.3 Å². The fourth-order valence-electron chi connectivity index (χ4n) is 3.06. The van der Waals surface area contributed by atoms with Crippen LogP contribution in [0.25, 0.3) is 6.08 Å². The summed E-state index contributed by atoms with van der Waals surface area (Å²) in [6, 6.07) is 14.8. The predicted octanol–water partition coefficient (Wildman–Crippen LogP) is 4.18. The predicted molar refractivity (Wildman–Crippen MR) is 126 cm³/mol. The molecule has 0 atom stereocenters. The van der Waals surface area contributed by atoms with E-state index in [-0.39, 0.29) is 11.4 Å². The molecule has 2 aromatic carbocycles. The third kappa shape index (κ3) is 4.67. The number of fused-ring (bicyclic) bond motifs is 1. The molecule has 2 heterocycles. The van der Waals surface area contributed by atoms with Gasteiger partial charge in [0, 0.05) is 0 Å². The Labute approximate surface area is 190 Å². The van der Waals surface area contributed by atoms with E-state index in [9.17, 15) is 4.79 Å². The summed E-state index contributed by atoms with van der Waals surface area (Å²) in [5.41, 5.74) is 0.857. The monoisotopic (exact) mass is 450 g/mol. The first kappa shape index (κ1) is 21.6. The number of amidine groups is 2. The lowest BCUT2D eigenvalue weighted by atomic mass is 10.1. The molecule has 8 nitrogen and oxygen atoms in total. The molecule has 0 bridgehead atoms. The van der Waals surface area contributed by atoms with Gasteiger partial charge in [-0.2, -0.15) is 15.1 Å². The van der Waals surface area contributed by atoms with Gasteiger partial charge in [0.25, 0.3) is 5.91 Å². The molecular weight excluding hydrogens is 428 g/mol. The van der Waals surface area contributed by atoms with Crippen LogP contribution in [0.15, 0.2) is 64.2 Å². The normalized spacial score (nSPS) is 16.6. The van der Waals surface area contributed by atoms with Crippen LogP contribution in [0.3, 0.4) is 0 Å². The number of hydrazone groups is 1. The van der Waals surface area contributed by atoms with E-state index >= 15 is 0 Å². The van der Waals surface area contributed by atoms with Gasteiger partial charge in [0.05, 0.1) is 12.7 Å². The first-order valence-electron chi connectivity index (χ1n) is 10.1. The molecule has 9 heteroatoms. The first-order valence-corrected chi connectivity index (χ1v) is 10.9. The van der Waals surface area contributed by atoms with Crippen molar-refractivity contribution in [1.82, 2.24) is 5.01 Å². The van der Waals surface area contributed by atoms with Crippen LogP contribution < -0.4 is 14.2 Å². The molecule has 0 saturated carbocycles. The van der Waals surface area contributed by atoms with Crippen molar-refractivity contribution in [2.24, 2.45) is 10.1 Å². The minimum absolute atomic E-state index is 0.00769. The number of amides is 1. The molecule has 164 valence electrons. The van der Waals surface area contributed by atoms with Crippen LogP contribution >= 0.6 is 11.8 Å². The van der Waals surface area contributed by atoms with Crippen molar-refractivity contribution < 1.29 is 19.0 Å². The van der Waals surface area contributed by atoms with E-state index in [0.717, 1.165) is 17.2 Å². The number of hydrogen-bond donors (Lipinski definition) is 1. The van der Waals surface area contributed by atoms with E-state index in [0.29, 0.717) is 35.4 Å². The lowest BCUT2D eigenvalue weighted by Gasteiger charge is -2.20. The number of rotatable bonds is 8. The highest BCUT2D eigenvalue weighted by Gasteiger charge is 2.35. The van der Waals surface area contributed by atoms with Crippen molar-refractivity contribution in [3.05, 3.63) is 59.7 Å². The Morgan fingerprint density at radius 1 is 1.09 bits per heavy atom. The molecule has 0 aromatic heterocycles. The molecule has 2 aliphatic heterocycles. The summed E-state index contributed by atoms with van der Waals surface area (Å²) in [7, 11) is 1.55. The van der Waals surface area contributed by atoms with Gasteiger partial charge >= 0.3 is 0 Å². The maximum absolute atomic E-state index is 12.5. The van der Waals surface area contributed by atoms with Crippen LogP contribution in [0.4, 0.5) is 0 Å². The van der Waals surface area contributed by atoms with E-state index in [4.69, 9.17) is 19.6 Å². The van der Waals surface area contributed by atoms with E-state index in [1.54, 1.807) is 31.4 Å². The SMILES string of the molecule is CCC1=NN2C(=N)/C(=C\c3ccc(OCCOc4ccccc4)c(OC)c3)C(=O)N=C2S1. The molecule has 4 rings (SSSR count). The molecule has 2 aromatic rings. The minimum atomic E-state index is -0.460. The number of thioether (sulfide) groups is 1. The number of para-hydroxylation sites is 1. The van der Waals surface area contributed by atoms with Crippen molar-refractivity contribution in [1.29, 1.82) is 5.41 Å². The fourth-order valence-corrected chi connectivity index (χ4v) is 3.89. The number of nitrogens with zero attached hydrogens (tertiary/aromatic N) is 3. The smallest absolute Gasteiger partial charge is 0.283 e. The van der Waals surface area contributed by atoms with Gasteiger partial charge in [0.2, 0.25) is 5.17 Å². The molecule has 0 spiro atoms. The van der Waals surface area contributed by atoms with E-state index in [2.05, 4.69) is 10.1 Å². The zero-order valence-corrected chi connectivity index (χ0v) is 18.5. The number of hydrogen-bond acceptors (Lipinski definition) is 7. The highest BCUT2D eigenvalue weighted by Crippen LogP contribution is 2.32. The summed E-state index contributed by atoms with van der Waals surface area (Å²) < 4.78 is 16.9. The number of benzene rings is 2. The van der Waals surface area contributed by atoms with Gasteiger partial charge in [-0.25, -0.2) is 0 Å². The van der Waals surface area contributed by atoms with Gasteiger partial charge in [-0.15, -0.1) is 0 Å². The minimum Gasteiger partial charge on any atom is -0.493 e. The molecule has 2 aliphatic rings. The molecule has 0 saturated heterocycles. The van der Waals surface area contributed by atoms with Crippen LogP contribution in [0.2, 0.25) is 0 Å². The van der Waals surface area contributed by atoms with Gasteiger partial charge in [-0.1, -0.05) is 31.2 Å². The summed E-state index contributed by atoms with van der Waals surface area (Å²) >= 11 is 1.32. The Morgan fingerprint density at radius 2 is 1.88 bits per heavy atom. The highest BCUT2D eigenvalue weighted by molar-refractivity contribution is 8.26. The third-order valence-corrected chi connectivity index (χ3v) is 5.70. The number of carbonyl (C=O) groups is 1. The second-order valence-electron chi connectivity index (χ2n) is 6.79. The molecule has 0 unspecified atom stereocenters. The average Bonchev–Trinajstić information content (AvgIpc) is 3.24. The zero-order chi connectivity index (χ0) is 22.5. The van der Waals surface area contributed by atoms with Gasteiger partial charge < -0.3 is 14.2 Å². The molecule has 0 radical (unpaired) electrons. The van der Waals surface area contributed by atoms with Gasteiger partial charge in [-0.05, 0) is 54.1 Å². The van der Waals surface area contributed by atoms with Crippen LogP contribution in [-0.2, 0) is 4.79 Å². The highest BCUT2D eigenvalue weighted by atomic mass is 32.2. The Bertz CT molecular complexity index is 1130. The molecule has 1 N–H and O–H groups in total. The summed E-state index contributed by atoms with van der Waals surface area (Å²) in [6.07, 6.45) is 2.33. The molecule has 0 aliphatic carbocycles. The third-order valence-electron chi connectivity index (χ3n) is 4.65. The largest absolute Gasteiger partial charge is 0.493 e. The molecule has 32 heavy (non-hydrogen) atoms. The second-order valence-corrected chi connectivity index (χ2v) is 7.83. The standard InChI is InChI=1S/C23H22N4O4S/c1-3-20-26-27-21(24)17(22(28)25-23(27)32-20)13-15-9-10-18(19(14-15)29-2)31-12-11-30-16-7-5-4-6-8-16/h4-10,13-14,24H,3,11-12H2,1-2H3/b17-13+,24-21?. The lowest BCUT2D eigenvalue weighted by Crippen LogP contribution is -2.35. The maximum Gasteiger partial charge on any atom is 0.283 e. The van der Waals surface area contributed by atoms with Crippen molar-refractivity contribution in [2.75, 3.05) is 20.3 Å². The maximum atomic E-state index is 12.5.